The molecule has 2 aromatic rings. The summed E-state index contributed by atoms with van der Waals surface area (Å²) in [6.07, 6.45) is -5.05. The topological polar surface area (TPSA) is 203 Å². The molecule has 12 nitrogen and oxygen atoms in total. The molecule has 6 atom stereocenters. The molecule has 5 rings (SSSR count). The molecule has 1 fully saturated rings. The zero-order valence-corrected chi connectivity index (χ0v) is 23.9. The molecule has 0 unspecified atom stereocenters. The summed E-state index contributed by atoms with van der Waals surface area (Å²) in [4.78, 5) is 52.1. The van der Waals surface area contributed by atoms with E-state index in [4.69, 9.17) is 19.9 Å². The molecular weight excluding hydrogens is 570 g/mol. The smallest absolute Gasteiger partial charge is 0.202 e. The summed E-state index contributed by atoms with van der Waals surface area (Å²) < 4.78 is 17.2. The average Bonchev–Trinajstić information content (AvgIpc) is 2.94. The first-order chi connectivity index (χ1) is 19.8. The number of hydrogen-bond donors (Lipinski definition) is 5. The Kier molecular flexibility index (Phi) is 7.94. The summed E-state index contributed by atoms with van der Waals surface area (Å²) in [5.74, 6) is -3.88. The van der Waals surface area contributed by atoms with Crippen molar-refractivity contribution in [1.29, 1.82) is 0 Å². The van der Waals surface area contributed by atoms with Gasteiger partial charge in [-0.25, -0.2) is 0 Å². The lowest BCUT2D eigenvalue weighted by atomic mass is 9.72. The van der Waals surface area contributed by atoms with E-state index in [1.54, 1.807) is 6.92 Å². The monoisotopic (exact) mass is 601 g/mol. The molecule has 2 aliphatic carbocycles. The standard InChI is InChI=1S/C29H31NO11S/c1-11-24(33)15(30)7-19(40-11)41-17-9-29(38,18(32)10-42-12(2)31)8-14-21(17)28(37)23-22(26(14)35)25(34)13-5-4-6-16(39-3)20(13)27(23)36/h4-6,11,15,17,19,24,33,35,37-38H,7-10,30H2,1-3H3/t11-,15+,17+,19-,24-,29-/m0/s1. The van der Waals surface area contributed by atoms with Crippen LogP contribution in [0.2, 0.25) is 0 Å². The molecule has 0 amide bonds. The Bertz CT molecular complexity index is 1500. The van der Waals surface area contributed by atoms with Crippen LogP contribution >= 0.6 is 11.8 Å². The van der Waals surface area contributed by atoms with Crippen LogP contribution in [-0.2, 0) is 25.5 Å². The van der Waals surface area contributed by atoms with Crippen molar-refractivity contribution in [3.05, 3.63) is 51.6 Å². The largest absolute Gasteiger partial charge is 0.507 e. The van der Waals surface area contributed by atoms with E-state index >= 15 is 0 Å². The van der Waals surface area contributed by atoms with Gasteiger partial charge in [0, 0.05) is 48.9 Å². The van der Waals surface area contributed by atoms with Gasteiger partial charge in [-0.3, -0.25) is 19.2 Å². The predicted molar refractivity (Wildman–Crippen MR) is 148 cm³/mol. The van der Waals surface area contributed by atoms with E-state index in [0.717, 1.165) is 0 Å². The number of rotatable bonds is 6. The first-order valence-electron chi connectivity index (χ1n) is 13.3. The molecule has 0 saturated carbocycles. The molecule has 3 aliphatic rings. The third-order valence-electron chi connectivity index (χ3n) is 8.07. The second kappa shape index (κ2) is 11.1. The number of thioether (sulfide) groups is 1. The molecule has 0 aromatic heterocycles. The van der Waals surface area contributed by atoms with Crippen LogP contribution in [-0.4, -0.2) is 85.9 Å². The van der Waals surface area contributed by atoms with Gasteiger partial charge in [0.15, 0.2) is 23.0 Å². The normalized spacial score (nSPS) is 28.5. The van der Waals surface area contributed by atoms with Crippen molar-refractivity contribution in [3.63, 3.8) is 0 Å². The van der Waals surface area contributed by atoms with Gasteiger partial charge in [-0.1, -0.05) is 23.9 Å². The lowest BCUT2D eigenvalue weighted by Crippen LogP contribution is -2.53. The van der Waals surface area contributed by atoms with Crippen LogP contribution in [0.4, 0.5) is 0 Å². The number of phenols is 2. The number of benzene rings is 2. The SMILES string of the molecule is COc1cccc2c1C(=O)c1c(O)c3c(c(O)c1C2=O)C[C@@](O)(C(=O)CSC(C)=O)C[C@H]3O[C@H]1C[C@@H](N)[C@@H](O)[C@H](C)O1. The number of nitrogens with two attached hydrogens (primary N) is 1. The Hall–Kier alpha value is -3.33. The quantitative estimate of drug-likeness (QED) is 0.253. The second-order valence-corrected chi connectivity index (χ2v) is 11.9. The van der Waals surface area contributed by atoms with Crippen LogP contribution in [0.25, 0.3) is 0 Å². The number of hydrogen-bond acceptors (Lipinski definition) is 13. The Morgan fingerprint density at radius 1 is 1.14 bits per heavy atom. The molecule has 2 aromatic carbocycles. The number of fused-ring (bicyclic) bond motifs is 3. The van der Waals surface area contributed by atoms with E-state index in [0.29, 0.717) is 11.8 Å². The fraction of sp³-hybridized carbons (Fsp3) is 0.448. The van der Waals surface area contributed by atoms with Gasteiger partial charge in [-0.05, 0) is 13.0 Å². The first kappa shape index (κ1) is 30.1. The number of methoxy groups -OCH3 is 1. The van der Waals surface area contributed by atoms with Crippen LogP contribution in [0.15, 0.2) is 18.2 Å². The summed E-state index contributed by atoms with van der Waals surface area (Å²) in [6.45, 7) is 2.86. The maximum absolute atomic E-state index is 13.7. The lowest BCUT2D eigenvalue weighted by molar-refractivity contribution is -0.247. The summed E-state index contributed by atoms with van der Waals surface area (Å²) in [6, 6.07) is 3.65. The van der Waals surface area contributed by atoms with Gasteiger partial charge in [0.1, 0.15) is 22.8 Å². The molecule has 6 N–H and O–H groups in total. The minimum Gasteiger partial charge on any atom is -0.507 e. The lowest BCUT2D eigenvalue weighted by Gasteiger charge is -2.42. The van der Waals surface area contributed by atoms with Crippen LogP contribution < -0.4 is 10.5 Å². The maximum atomic E-state index is 13.7. The van der Waals surface area contributed by atoms with Crippen LogP contribution in [0.5, 0.6) is 17.2 Å². The van der Waals surface area contributed by atoms with Gasteiger partial charge in [0.05, 0.1) is 47.9 Å². The third-order valence-corrected chi connectivity index (χ3v) is 8.88. The van der Waals surface area contributed by atoms with Crippen LogP contribution in [0, 0.1) is 0 Å². The Morgan fingerprint density at radius 3 is 2.48 bits per heavy atom. The van der Waals surface area contributed by atoms with Gasteiger partial charge in [0.2, 0.25) is 5.78 Å². The first-order valence-corrected chi connectivity index (χ1v) is 14.3. The van der Waals surface area contributed by atoms with Crippen molar-refractivity contribution in [3.8, 4) is 17.2 Å². The van der Waals surface area contributed by atoms with E-state index < -0.39 is 89.1 Å². The molecule has 1 aliphatic heterocycles. The van der Waals surface area contributed by atoms with E-state index in [1.807, 2.05) is 0 Å². The number of carbonyl (C=O) groups excluding carboxylic acids is 4. The van der Waals surface area contributed by atoms with Crippen LogP contribution in [0.3, 0.4) is 0 Å². The number of aliphatic hydroxyl groups excluding tert-OH is 1. The number of aromatic hydroxyl groups is 2. The molecule has 42 heavy (non-hydrogen) atoms. The molecule has 0 radical (unpaired) electrons. The van der Waals surface area contributed by atoms with Crippen molar-refractivity contribution in [2.24, 2.45) is 5.73 Å². The summed E-state index contributed by atoms with van der Waals surface area (Å²) >= 11 is 0.696. The van der Waals surface area contributed by atoms with Crippen molar-refractivity contribution in [2.75, 3.05) is 12.9 Å². The molecule has 13 heteroatoms. The zero-order valence-electron chi connectivity index (χ0n) is 23.1. The van der Waals surface area contributed by atoms with E-state index in [9.17, 15) is 39.6 Å². The number of ketones is 3. The molecule has 0 bridgehead atoms. The van der Waals surface area contributed by atoms with Gasteiger partial charge in [-0.15, -0.1) is 0 Å². The van der Waals surface area contributed by atoms with Crippen molar-refractivity contribution >= 4 is 34.2 Å². The second-order valence-electron chi connectivity index (χ2n) is 10.8. The number of Topliss-reactive ketones (excluding diaryl/α,β-unsaturated/α-hetero) is 1. The van der Waals surface area contributed by atoms with Crippen LogP contribution in [0.1, 0.15) is 75.8 Å². The number of phenolic OH excluding ortho intramolecular Hbond substituents is 2. The number of carbonyl (C=O) groups is 4. The van der Waals surface area contributed by atoms with Crippen molar-refractivity contribution < 1.29 is 53.8 Å². The van der Waals surface area contributed by atoms with Gasteiger partial charge < -0.3 is 40.4 Å². The molecule has 1 heterocycles. The molecular formula is C29H31NO11S. The van der Waals surface area contributed by atoms with Crippen molar-refractivity contribution in [1.82, 2.24) is 0 Å². The Morgan fingerprint density at radius 2 is 1.83 bits per heavy atom. The highest BCUT2D eigenvalue weighted by atomic mass is 32.2. The van der Waals surface area contributed by atoms with Gasteiger partial charge in [0.25, 0.3) is 0 Å². The fourth-order valence-corrected chi connectivity index (χ4v) is 6.51. The Labute approximate surface area is 244 Å². The number of ether oxygens (including phenoxy) is 3. The van der Waals surface area contributed by atoms with E-state index in [2.05, 4.69) is 0 Å². The highest BCUT2D eigenvalue weighted by Crippen LogP contribution is 2.52. The zero-order chi connectivity index (χ0) is 30.7. The van der Waals surface area contributed by atoms with Gasteiger partial charge in [-0.2, -0.15) is 0 Å². The minimum absolute atomic E-state index is 0.0174. The highest BCUT2D eigenvalue weighted by molar-refractivity contribution is 8.14. The molecule has 224 valence electrons. The fourth-order valence-electron chi connectivity index (χ4n) is 5.90. The summed E-state index contributed by atoms with van der Waals surface area (Å²) in [5, 5.41) is 44.5. The summed E-state index contributed by atoms with van der Waals surface area (Å²) in [7, 11) is 1.33. The van der Waals surface area contributed by atoms with Crippen molar-refractivity contribution in [2.45, 2.75) is 69.4 Å². The highest BCUT2D eigenvalue weighted by Gasteiger charge is 2.50. The maximum Gasteiger partial charge on any atom is 0.202 e. The number of aliphatic hydroxyl groups is 2. The minimum atomic E-state index is -2.18. The Balaban J connectivity index is 1.66. The van der Waals surface area contributed by atoms with E-state index in [-0.39, 0.29) is 45.3 Å². The average molecular weight is 602 g/mol. The molecule has 1 saturated heterocycles. The molecule has 0 spiro atoms. The predicted octanol–water partition coefficient (Wildman–Crippen LogP) is 1.29. The van der Waals surface area contributed by atoms with E-state index in [1.165, 1.54) is 32.2 Å². The summed E-state index contributed by atoms with van der Waals surface area (Å²) in [5.41, 5.74) is 2.54. The van der Waals surface area contributed by atoms with Gasteiger partial charge >= 0.3 is 0 Å². The third kappa shape index (κ3) is 4.89.